The van der Waals surface area contributed by atoms with E-state index in [4.69, 9.17) is 4.74 Å². The van der Waals surface area contributed by atoms with E-state index in [0.29, 0.717) is 11.5 Å². The number of benzene rings is 2. The van der Waals surface area contributed by atoms with Crippen LogP contribution >= 0.6 is 0 Å². The van der Waals surface area contributed by atoms with E-state index >= 15 is 0 Å². The monoisotopic (exact) mass is 504 g/mol. The average molecular weight is 505 g/mol. The summed E-state index contributed by atoms with van der Waals surface area (Å²) in [5, 5.41) is 9.37. The normalized spacial score (nSPS) is 13.3. The number of hydrogen-bond acceptors (Lipinski definition) is 7. The van der Waals surface area contributed by atoms with Crippen LogP contribution in [0.25, 0.3) is 0 Å². The molecule has 0 radical (unpaired) electrons. The number of aromatic nitrogens is 1. The second kappa shape index (κ2) is 9.53. The molecule has 2 aromatic carbocycles. The molecule has 0 bridgehead atoms. The standard InChI is InChI=1S/C23H24N2O7S2/c1-16-7-9-17(10-8-16)32-18-11-13-19(14-12-18)34(30,31)25-21(22(26)27)23(2,3)33(28,29)20-6-4-5-15-24-20/h4-15,21,25H,1-3H3,(H,26,27)/t21-/m1/s1. The van der Waals surface area contributed by atoms with E-state index in [9.17, 15) is 26.7 Å². The number of sulfone groups is 1. The summed E-state index contributed by atoms with van der Waals surface area (Å²) in [4.78, 5) is 15.5. The molecule has 3 rings (SSSR count). The van der Waals surface area contributed by atoms with Crippen LogP contribution in [-0.4, -0.2) is 43.7 Å². The van der Waals surface area contributed by atoms with Gasteiger partial charge in [-0.15, -0.1) is 0 Å². The van der Waals surface area contributed by atoms with Crippen molar-refractivity contribution >= 4 is 25.8 Å². The predicted octanol–water partition coefficient (Wildman–Crippen LogP) is 3.17. The second-order valence-electron chi connectivity index (χ2n) is 8.05. The molecule has 2 N–H and O–H groups in total. The van der Waals surface area contributed by atoms with E-state index in [1.807, 2.05) is 23.8 Å². The minimum Gasteiger partial charge on any atom is -0.480 e. The number of carboxylic acid groups (broad SMARTS) is 1. The highest BCUT2D eigenvalue weighted by atomic mass is 32.2. The maximum atomic E-state index is 13.1. The van der Waals surface area contributed by atoms with Gasteiger partial charge in [0.15, 0.2) is 5.03 Å². The van der Waals surface area contributed by atoms with E-state index in [2.05, 4.69) is 4.98 Å². The lowest BCUT2D eigenvalue weighted by Gasteiger charge is -2.31. The van der Waals surface area contributed by atoms with Crippen molar-refractivity contribution in [2.45, 2.75) is 41.5 Å². The number of carboxylic acids is 1. The van der Waals surface area contributed by atoms with Crippen LogP contribution in [0.15, 0.2) is 82.8 Å². The third kappa shape index (κ3) is 5.27. The van der Waals surface area contributed by atoms with Crippen LogP contribution in [0.2, 0.25) is 0 Å². The van der Waals surface area contributed by atoms with Gasteiger partial charge in [-0.3, -0.25) is 4.79 Å². The maximum absolute atomic E-state index is 13.1. The van der Waals surface area contributed by atoms with Crippen LogP contribution in [0, 0.1) is 6.92 Å². The zero-order valence-corrected chi connectivity index (χ0v) is 20.3. The van der Waals surface area contributed by atoms with Crippen LogP contribution in [-0.2, 0) is 24.7 Å². The van der Waals surface area contributed by atoms with Gasteiger partial charge >= 0.3 is 5.97 Å². The van der Waals surface area contributed by atoms with Crippen molar-refractivity contribution in [3.8, 4) is 11.5 Å². The molecule has 9 nitrogen and oxygen atoms in total. The lowest BCUT2D eigenvalue weighted by molar-refractivity contribution is -0.139. The third-order valence-electron chi connectivity index (χ3n) is 5.21. The van der Waals surface area contributed by atoms with Gasteiger partial charge in [-0.2, -0.15) is 4.72 Å². The first-order chi connectivity index (χ1) is 15.8. The number of carbonyl (C=O) groups is 1. The fraction of sp³-hybridized carbons (Fsp3) is 0.217. The molecule has 0 saturated heterocycles. The lowest BCUT2D eigenvalue weighted by Crippen LogP contribution is -2.57. The fourth-order valence-electron chi connectivity index (χ4n) is 3.07. The van der Waals surface area contributed by atoms with Crippen LogP contribution in [0.5, 0.6) is 11.5 Å². The van der Waals surface area contributed by atoms with Crippen LogP contribution in [0.3, 0.4) is 0 Å². The molecule has 0 fully saturated rings. The third-order valence-corrected chi connectivity index (χ3v) is 9.06. The Kier molecular flexibility index (Phi) is 7.10. The molecule has 0 unspecified atom stereocenters. The number of nitrogens with zero attached hydrogens (tertiary/aromatic N) is 1. The lowest BCUT2D eigenvalue weighted by atomic mass is 10.1. The van der Waals surface area contributed by atoms with Crippen molar-refractivity contribution < 1.29 is 31.5 Å². The van der Waals surface area contributed by atoms with Crippen LogP contribution in [0.4, 0.5) is 0 Å². The van der Waals surface area contributed by atoms with Gasteiger partial charge in [0.25, 0.3) is 0 Å². The number of ether oxygens (including phenoxy) is 1. The first kappa shape index (κ1) is 25.3. The van der Waals surface area contributed by atoms with Gasteiger partial charge in [0.05, 0.1) is 9.64 Å². The number of rotatable bonds is 9. The Morgan fingerprint density at radius 3 is 2.00 bits per heavy atom. The highest BCUT2D eigenvalue weighted by molar-refractivity contribution is 7.93. The smallest absolute Gasteiger partial charge is 0.323 e. The van der Waals surface area contributed by atoms with Crippen LogP contribution < -0.4 is 9.46 Å². The molecule has 0 aliphatic heterocycles. The molecular weight excluding hydrogens is 480 g/mol. The molecule has 11 heteroatoms. The summed E-state index contributed by atoms with van der Waals surface area (Å²) in [6, 6.07) is 14.8. The minimum absolute atomic E-state index is 0.249. The zero-order chi connectivity index (χ0) is 25.1. The van der Waals surface area contributed by atoms with Crippen molar-refractivity contribution in [2.75, 3.05) is 0 Å². The van der Waals surface area contributed by atoms with Crippen molar-refractivity contribution in [2.24, 2.45) is 0 Å². The number of sulfonamides is 1. The highest BCUT2D eigenvalue weighted by Gasteiger charge is 2.49. The van der Waals surface area contributed by atoms with Gasteiger partial charge in [0.1, 0.15) is 17.5 Å². The molecule has 34 heavy (non-hydrogen) atoms. The maximum Gasteiger partial charge on any atom is 0.323 e. The summed E-state index contributed by atoms with van der Waals surface area (Å²) in [5.74, 6) is -0.713. The van der Waals surface area contributed by atoms with E-state index in [0.717, 1.165) is 19.4 Å². The molecule has 0 spiro atoms. The van der Waals surface area contributed by atoms with Crippen molar-refractivity contribution in [1.29, 1.82) is 0 Å². The molecule has 1 heterocycles. The summed E-state index contributed by atoms with van der Waals surface area (Å²) < 4.78 is 57.7. The molecule has 0 amide bonds. The predicted molar refractivity (Wildman–Crippen MR) is 125 cm³/mol. The van der Waals surface area contributed by atoms with E-state index in [-0.39, 0.29) is 9.92 Å². The van der Waals surface area contributed by atoms with E-state index in [1.165, 1.54) is 48.7 Å². The fourth-order valence-corrected chi connectivity index (χ4v) is 5.95. The largest absolute Gasteiger partial charge is 0.480 e. The summed E-state index contributed by atoms with van der Waals surface area (Å²) in [7, 11) is -8.72. The first-order valence-electron chi connectivity index (χ1n) is 10.1. The van der Waals surface area contributed by atoms with Crippen molar-refractivity contribution in [3.05, 3.63) is 78.5 Å². The Morgan fingerprint density at radius 2 is 1.50 bits per heavy atom. The van der Waals surface area contributed by atoms with Crippen molar-refractivity contribution in [3.63, 3.8) is 0 Å². The molecule has 1 atom stereocenters. The summed E-state index contributed by atoms with van der Waals surface area (Å²) in [6.07, 6.45) is 1.25. The van der Waals surface area contributed by atoms with Gasteiger partial charge in [0, 0.05) is 6.20 Å². The van der Waals surface area contributed by atoms with Crippen LogP contribution in [0.1, 0.15) is 19.4 Å². The Labute approximate surface area is 198 Å². The first-order valence-corrected chi connectivity index (χ1v) is 13.1. The number of aliphatic carboxylic acids is 1. The molecule has 1 aromatic heterocycles. The van der Waals surface area contributed by atoms with Gasteiger partial charge in [-0.25, -0.2) is 21.8 Å². The topological polar surface area (TPSA) is 140 Å². The number of pyridine rings is 1. The Bertz CT molecular complexity index is 1370. The quantitative estimate of drug-likeness (QED) is 0.453. The SMILES string of the molecule is Cc1ccc(Oc2ccc(S(=O)(=O)N[C@H](C(=O)O)C(C)(C)S(=O)(=O)c3ccccn3)cc2)cc1. The van der Waals surface area contributed by atoms with Gasteiger partial charge in [-0.05, 0) is 69.3 Å². The average Bonchev–Trinajstić information content (AvgIpc) is 2.79. The summed E-state index contributed by atoms with van der Waals surface area (Å²) in [6.45, 7) is 4.21. The minimum atomic E-state index is -4.40. The van der Waals surface area contributed by atoms with Gasteiger partial charge < -0.3 is 9.84 Å². The number of aryl methyl sites for hydroxylation is 1. The number of nitrogens with one attached hydrogen (secondary N) is 1. The number of hydrogen-bond donors (Lipinski definition) is 2. The zero-order valence-electron chi connectivity index (χ0n) is 18.7. The van der Waals surface area contributed by atoms with E-state index in [1.54, 1.807) is 12.1 Å². The Hall–Kier alpha value is -3.28. The van der Waals surface area contributed by atoms with Gasteiger partial charge in [0.2, 0.25) is 19.9 Å². The highest BCUT2D eigenvalue weighted by Crippen LogP contribution is 2.29. The molecule has 180 valence electrons. The molecule has 0 saturated carbocycles. The summed E-state index contributed by atoms with van der Waals surface area (Å²) >= 11 is 0. The van der Waals surface area contributed by atoms with Gasteiger partial charge in [-0.1, -0.05) is 23.8 Å². The van der Waals surface area contributed by atoms with Crippen molar-refractivity contribution in [1.82, 2.24) is 9.71 Å². The molecule has 0 aliphatic rings. The van der Waals surface area contributed by atoms with E-state index < -0.39 is 36.6 Å². The molecular formula is C23H24N2O7S2. The molecule has 3 aromatic rings. The second-order valence-corrected chi connectivity index (χ2v) is 12.2. The summed E-state index contributed by atoms with van der Waals surface area (Å²) in [5.41, 5.74) is 1.06. The molecule has 0 aliphatic carbocycles. The Balaban J connectivity index is 1.86. The Morgan fingerprint density at radius 1 is 0.941 bits per heavy atom.